The van der Waals surface area contributed by atoms with Crippen LogP contribution in [0, 0.1) is 17.0 Å². The van der Waals surface area contributed by atoms with Crippen molar-refractivity contribution < 1.29 is 14.1 Å². The molecule has 0 radical (unpaired) electrons. The second-order valence-corrected chi connectivity index (χ2v) is 4.62. The highest BCUT2D eigenvalue weighted by Gasteiger charge is 2.08. The number of benzene rings is 1. The first kappa shape index (κ1) is 13.7. The zero-order chi connectivity index (χ0) is 15.7. The summed E-state index contributed by atoms with van der Waals surface area (Å²) in [5, 5.41) is 11.4. The summed E-state index contributed by atoms with van der Waals surface area (Å²) in [7, 11) is 0. The van der Waals surface area contributed by atoms with Gasteiger partial charge < -0.3 is 9.15 Å². The lowest BCUT2D eigenvalue weighted by Gasteiger charge is -2.06. The lowest BCUT2D eigenvalue weighted by molar-refractivity contribution is -0.385. The molecule has 3 aromatic rings. The average molecular weight is 298 g/mol. The van der Waals surface area contributed by atoms with E-state index in [2.05, 4.69) is 4.98 Å². The van der Waals surface area contributed by atoms with Crippen molar-refractivity contribution in [1.29, 1.82) is 0 Å². The fraction of sp³-hybridized carbons (Fsp3) is 0.0667. The SMILES string of the molecule is Cc1cc(=O)oc2cc(Oc3ccc([N+](=O)[O-])cn3)ccc12. The Balaban J connectivity index is 1.93. The van der Waals surface area contributed by atoms with Crippen molar-refractivity contribution in [3.63, 3.8) is 0 Å². The van der Waals surface area contributed by atoms with E-state index >= 15 is 0 Å². The minimum absolute atomic E-state index is 0.118. The summed E-state index contributed by atoms with van der Waals surface area (Å²) < 4.78 is 10.6. The second kappa shape index (κ2) is 5.28. The molecule has 3 rings (SSSR count). The van der Waals surface area contributed by atoms with Crippen LogP contribution in [0.4, 0.5) is 5.69 Å². The van der Waals surface area contributed by atoms with Crippen molar-refractivity contribution in [3.05, 3.63) is 68.7 Å². The molecule has 0 N–H and O–H groups in total. The van der Waals surface area contributed by atoms with Gasteiger partial charge in [-0.1, -0.05) is 0 Å². The number of aromatic nitrogens is 1. The summed E-state index contributed by atoms with van der Waals surface area (Å²) in [6, 6.07) is 9.17. The van der Waals surface area contributed by atoms with Gasteiger partial charge in [-0.2, -0.15) is 0 Å². The molecule has 0 aliphatic heterocycles. The zero-order valence-electron chi connectivity index (χ0n) is 11.5. The van der Waals surface area contributed by atoms with Crippen molar-refractivity contribution in [2.75, 3.05) is 0 Å². The van der Waals surface area contributed by atoms with Crippen LogP contribution in [0.3, 0.4) is 0 Å². The van der Waals surface area contributed by atoms with Gasteiger partial charge in [0, 0.05) is 29.7 Å². The Labute approximate surface area is 123 Å². The standard InChI is InChI=1S/C15H10N2O5/c1-9-6-15(18)22-13-7-11(3-4-12(9)13)21-14-5-2-10(8-16-14)17(19)20/h2-8H,1H3. The van der Waals surface area contributed by atoms with Crippen molar-refractivity contribution in [2.24, 2.45) is 0 Å². The summed E-state index contributed by atoms with van der Waals surface area (Å²) in [5.41, 5.74) is 0.666. The summed E-state index contributed by atoms with van der Waals surface area (Å²) >= 11 is 0. The van der Waals surface area contributed by atoms with Gasteiger partial charge in [0.2, 0.25) is 5.88 Å². The van der Waals surface area contributed by atoms with Gasteiger partial charge in [-0.15, -0.1) is 0 Å². The van der Waals surface area contributed by atoms with E-state index in [4.69, 9.17) is 9.15 Å². The number of hydrogen-bond donors (Lipinski definition) is 0. The second-order valence-electron chi connectivity index (χ2n) is 4.62. The summed E-state index contributed by atoms with van der Waals surface area (Å²) in [5.74, 6) is 0.627. The van der Waals surface area contributed by atoms with Gasteiger partial charge in [0.05, 0.1) is 4.92 Å². The molecular formula is C15H10N2O5. The van der Waals surface area contributed by atoms with Crippen LogP contribution in [-0.4, -0.2) is 9.91 Å². The Bertz CT molecular complexity index is 915. The molecule has 110 valence electrons. The first-order chi connectivity index (χ1) is 10.5. The molecule has 2 heterocycles. The maximum atomic E-state index is 11.4. The number of ether oxygens (including phenoxy) is 1. The topological polar surface area (TPSA) is 95.5 Å². The van der Waals surface area contributed by atoms with Crippen molar-refractivity contribution in [1.82, 2.24) is 4.98 Å². The van der Waals surface area contributed by atoms with Crippen LogP contribution in [0.15, 0.2) is 51.8 Å². The van der Waals surface area contributed by atoms with E-state index in [1.165, 1.54) is 18.2 Å². The van der Waals surface area contributed by atoms with Crippen LogP contribution in [0.5, 0.6) is 11.6 Å². The fourth-order valence-corrected chi connectivity index (χ4v) is 2.03. The molecule has 0 fully saturated rings. The van der Waals surface area contributed by atoms with Gasteiger partial charge in [0.1, 0.15) is 17.5 Å². The zero-order valence-corrected chi connectivity index (χ0v) is 11.5. The Morgan fingerprint density at radius 3 is 2.73 bits per heavy atom. The molecular weight excluding hydrogens is 288 g/mol. The number of hydrogen-bond acceptors (Lipinski definition) is 6. The molecule has 0 unspecified atom stereocenters. The third kappa shape index (κ3) is 2.64. The van der Waals surface area contributed by atoms with Crippen LogP contribution in [0.1, 0.15) is 5.56 Å². The minimum Gasteiger partial charge on any atom is -0.439 e. The Kier molecular flexibility index (Phi) is 3.30. The van der Waals surface area contributed by atoms with E-state index < -0.39 is 10.5 Å². The third-order valence-electron chi connectivity index (χ3n) is 3.08. The van der Waals surface area contributed by atoms with Crippen molar-refractivity contribution >= 4 is 16.7 Å². The lowest BCUT2D eigenvalue weighted by atomic mass is 10.1. The molecule has 0 aliphatic rings. The Morgan fingerprint density at radius 1 is 1.23 bits per heavy atom. The van der Waals surface area contributed by atoms with Gasteiger partial charge in [-0.25, -0.2) is 9.78 Å². The monoisotopic (exact) mass is 298 g/mol. The largest absolute Gasteiger partial charge is 0.439 e. The van der Waals surface area contributed by atoms with Gasteiger partial charge in [-0.3, -0.25) is 10.1 Å². The number of pyridine rings is 1. The maximum absolute atomic E-state index is 11.4. The normalized spacial score (nSPS) is 10.6. The number of aryl methyl sites for hydroxylation is 1. The summed E-state index contributed by atoms with van der Waals surface area (Å²) in [6.07, 6.45) is 1.11. The smallest absolute Gasteiger partial charge is 0.336 e. The van der Waals surface area contributed by atoms with E-state index in [1.807, 2.05) is 6.92 Å². The van der Waals surface area contributed by atoms with Crippen LogP contribution in [0.2, 0.25) is 0 Å². The number of fused-ring (bicyclic) bond motifs is 1. The summed E-state index contributed by atoms with van der Waals surface area (Å²) in [4.78, 5) is 25.3. The van der Waals surface area contributed by atoms with Gasteiger partial charge in [-0.05, 0) is 24.6 Å². The lowest BCUT2D eigenvalue weighted by Crippen LogP contribution is -1.98. The predicted octanol–water partition coefficient (Wildman–Crippen LogP) is 3.20. The molecule has 2 aromatic heterocycles. The van der Waals surface area contributed by atoms with Crippen molar-refractivity contribution in [2.45, 2.75) is 6.92 Å². The number of rotatable bonds is 3. The van der Waals surface area contributed by atoms with Gasteiger partial charge in [0.15, 0.2) is 0 Å². The number of nitrogens with zero attached hydrogens (tertiary/aromatic N) is 2. The van der Waals surface area contributed by atoms with Crippen molar-refractivity contribution in [3.8, 4) is 11.6 Å². The molecule has 7 heteroatoms. The highest BCUT2D eigenvalue weighted by atomic mass is 16.6. The van der Waals surface area contributed by atoms with E-state index in [1.54, 1.807) is 18.2 Å². The van der Waals surface area contributed by atoms with Crippen LogP contribution >= 0.6 is 0 Å². The molecule has 0 spiro atoms. The van der Waals surface area contributed by atoms with E-state index in [9.17, 15) is 14.9 Å². The molecule has 1 aromatic carbocycles. The highest BCUT2D eigenvalue weighted by Crippen LogP contribution is 2.26. The van der Waals surface area contributed by atoms with E-state index in [-0.39, 0.29) is 11.6 Å². The minimum atomic E-state index is -0.537. The predicted molar refractivity (Wildman–Crippen MR) is 78.2 cm³/mol. The van der Waals surface area contributed by atoms with E-state index in [0.29, 0.717) is 11.3 Å². The molecule has 22 heavy (non-hydrogen) atoms. The van der Waals surface area contributed by atoms with Gasteiger partial charge in [0.25, 0.3) is 5.69 Å². The molecule has 7 nitrogen and oxygen atoms in total. The molecule has 0 bridgehead atoms. The third-order valence-corrected chi connectivity index (χ3v) is 3.08. The van der Waals surface area contributed by atoms with Crippen LogP contribution in [0.25, 0.3) is 11.0 Å². The first-order valence-corrected chi connectivity index (χ1v) is 6.36. The number of nitro groups is 1. The van der Waals surface area contributed by atoms with Crippen LogP contribution < -0.4 is 10.4 Å². The average Bonchev–Trinajstić information content (AvgIpc) is 2.47. The van der Waals surface area contributed by atoms with Crippen LogP contribution in [-0.2, 0) is 0 Å². The Morgan fingerprint density at radius 2 is 2.05 bits per heavy atom. The first-order valence-electron chi connectivity index (χ1n) is 6.36. The quantitative estimate of drug-likeness (QED) is 0.418. The maximum Gasteiger partial charge on any atom is 0.336 e. The van der Waals surface area contributed by atoms with Gasteiger partial charge >= 0.3 is 5.63 Å². The Hall–Kier alpha value is -3.22. The molecule has 0 amide bonds. The summed E-state index contributed by atoms with van der Waals surface area (Å²) in [6.45, 7) is 1.82. The molecule has 0 aliphatic carbocycles. The highest BCUT2D eigenvalue weighted by molar-refractivity contribution is 5.81. The molecule has 0 atom stereocenters. The molecule has 0 saturated heterocycles. The molecule has 0 saturated carbocycles. The van der Waals surface area contributed by atoms with E-state index in [0.717, 1.165) is 17.1 Å². The fourth-order valence-electron chi connectivity index (χ4n) is 2.03.